The van der Waals surface area contributed by atoms with Crippen LogP contribution in [0, 0.1) is 12.8 Å². The lowest BCUT2D eigenvalue weighted by atomic mass is 9.97. The van der Waals surface area contributed by atoms with Crippen molar-refractivity contribution in [2.75, 3.05) is 7.05 Å². The predicted octanol–water partition coefficient (Wildman–Crippen LogP) is 2.50. The van der Waals surface area contributed by atoms with Gasteiger partial charge in [0.25, 0.3) is 0 Å². The second-order valence-corrected chi connectivity index (χ2v) is 3.44. The molecular weight excluding hydrogens is 150 g/mol. The summed E-state index contributed by atoms with van der Waals surface area (Å²) in [6.45, 7) is 6.41. The molecule has 0 saturated carbocycles. The van der Waals surface area contributed by atoms with Crippen molar-refractivity contribution in [3.8, 4) is 0 Å². The Morgan fingerprint density at radius 3 is 2.42 bits per heavy atom. The van der Waals surface area contributed by atoms with Crippen LogP contribution >= 0.6 is 0 Å². The highest BCUT2D eigenvalue weighted by atomic mass is 16.3. The summed E-state index contributed by atoms with van der Waals surface area (Å²) in [7, 11) is 1.98. The molecule has 2 heteroatoms. The summed E-state index contributed by atoms with van der Waals surface area (Å²) in [6, 6.07) is 2.44. The van der Waals surface area contributed by atoms with Gasteiger partial charge in [0, 0.05) is 11.6 Å². The molecular formula is C10H17NO. The van der Waals surface area contributed by atoms with E-state index in [-0.39, 0.29) is 0 Å². The molecule has 1 aromatic rings. The summed E-state index contributed by atoms with van der Waals surface area (Å²) >= 11 is 0. The first-order chi connectivity index (χ1) is 5.66. The van der Waals surface area contributed by atoms with Gasteiger partial charge in [-0.25, -0.2) is 0 Å². The molecule has 0 fully saturated rings. The molecule has 1 atom stereocenters. The van der Waals surface area contributed by atoms with E-state index in [1.807, 2.05) is 20.0 Å². The number of aryl methyl sites for hydroxylation is 1. The molecule has 68 valence electrons. The van der Waals surface area contributed by atoms with Crippen LogP contribution in [0.25, 0.3) is 0 Å². The molecule has 1 unspecified atom stereocenters. The molecule has 0 saturated heterocycles. The lowest BCUT2D eigenvalue weighted by molar-refractivity contribution is 0.430. The van der Waals surface area contributed by atoms with Crippen molar-refractivity contribution >= 4 is 0 Å². The summed E-state index contributed by atoms with van der Waals surface area (Å²) in [5.74, 6) is 1.61. The lowest BCUT2D eigenvalue weighted by Gasteiger charge is -2.19. The first-order valence-corrected chi connectivity index (χ1v) is 4.38. The maximum atomic E-state index is 5.26. The number of hydrogen-bond acceptors (Lipinski definition) is 2. The average Bonchev–Trinajstić information content (AvgIpc) is 2.38. The van der Waals surface area contributed by atoms with Crippen molar-refractivity contribution in [1.82, 2.24) is 5.32 Å². The molecule has 0 aromatic carbocycles. The van der Waals surface area contributed by atoms with Gasteiger partial charge in [-0.05, 0) is 26.0 Å². The molecule has 0 aliphatic carbocycles. The maximum Gasteiger partial charge on any atom is 0.105 e. The Morgan fingerprint density at radius 2 is 2.08 bits per heavy atom. The van der Waals surface area contributed by atoms with E-state index in [4.69, 9.17) is 4.42 Å². The molecule has 0 spiro atoms. The molecule has 0 radical (unpaired) electrons. The van der Waals surface area contributed by atoms with Crippen LogP contribution in [-0.4, -0.2) is 7.05 Å². The largest absolute Gasteiger partial charge is 0.469 e. The van der Waals surface area contributed by atoms with Gasteiger partial charge in [0.15, 0.2) is 0 Å². The summed E-state index contributed by atoms with van der Waals surface area (Å²) in [5, 5.41) is 3.28. The average molecular weight is 167 g/mol. The van der Waals surface area contributed by atoms with Crippen LogP contribution in [0.5, 0.6) is 0 Å². The first-order valence-electron chi connectivity index (χ1n) is 4.38. The number of nitrogens with one attached hydrogen (secondary N) is 1. The van der Waals surface area contributed by atoms with Gasteiger partial charge in [0.2, 0.25) is 0 Å². The third-order valence-electron chi connectivity index (χ3n) is 2.21. The van der Waals surface area contributed by atoms with Gasteiger partial charge in [0.1, 0.15) is 5.76 Å². The summed E-state index contributed by atoms with van der Waals surface area (Å²) in [6.07, 6.45) is 1.75. The van der Waals surface area contributed by atoms with Crippen molar-refractivity contribution in [2.45, 2.75) is 26.8 Å². The topological polar surface area (TPSA) is 25.2 Å². The molecule has 1 heterocycles. The zero-order chi connectivity index (χ0) is 9.14. The molecule has 0 bridgehead atoms. The van der Waals surface area contributed by atoms with Gasteiger partial charge in [-0.1, -0.05) is 13.8 Å². The molecule has 0 aliphatic heterocycles. The van der Waals surface area contributed by atoms with E-state index in [1.165, 1.54) is 5.56 Å². The van der Waals surface area contributed by atoms with Crippen LogP contribution in [0.4, 0.5) is 0 Å². The van der Waals surface area contributed by atoms with Crippen LogP contribution in [0.1, 0.15) is 31.2 Å². The zero-order valence-electron chi connectivity index (χ0n) is 8.22. The van der Waals surface area contributed by atoms with E-state index in [1.54, 1.807) is 6.26 Å². The SMILES string of the molecule is CNC(c1ccoc1C)C(C)C. The van der Waals surface area contributed by atoms with Crippen LogP contribution in [0.3, 0.4) is 0 Å². The monoisotopic (exact) mass is 167 g/mol. The second kappa shape index (κ2) is 3.76. The fraction of sp³-hybridized carbons (Fsp3) is 0.600. The predicted molar refractivity (Wildman–Crippen MR) is 50.1 cm³/mol. The van der Waals surface area contributed by atoms with Crippen molar-refractivity contribution in [3.63, 3.8) is 0 Å². The number of hydrogen-bond donors (Lipinski definition) is 1. The van der Waals surface area contributed by atoms with E-state index in [0.29, 0.717) is 12.0 Å². The third kappa shape index (κ3) is 1.69. The first kappa shape index (κ1) is 9.33. The maximum absolute atomic E-state index is 5.26. The van der Waals surface area contributed by atoms with Crippen LogP contribution in [-0.2, 0) is 0 Å². The van der Waals surface area contributed by atoms with E-state index in [9.17, 15) is 0 Å². The Balaban J connectivity index is 2.87. The Morgan fingerprint density at radius 1 is 1.42 bits per heavy atom. The summed E-state index contributed by atoms with van der Waals surface area (Å²) < 4.78 is 5.26. The van der Waals surface area contributed by atoms with E-state index >= 15 is 0 Å². The van der Waals surface area contributed by atoms with Gasteiger partial charge in [-0.3, -0.25) is 0 Å². The quantitative estimate of drug-likeness (QED) is 0.748. The Labute approximate surface area is 74.0 Å². The highest BCUT2D eigenvalue weighted by Crippen LogP contribution is 2.24. The van der Waals surface area contributed by atoms with Crippen LogP contribution in [0.15, 0.2) is 16.7 Å². The van der Waals surface area contributed by atoms with Gasteiger partial charge in [-0.15, -0.1) is 0 Å². The molecule has 0 aliphatic rings. The van der Waals surface area contributed by atoms with Crippen molar-refractivity contribution in [1.29, 1.82) is 0 Å². The fourth-order valence-electron chi connectivity index (χ4n) is 1.57. The molecule has 0 amide bonds. The Bertz CT molecular complexity index is 240. The zero-order valence-corrected chi connectivity index (χ0v) is 8.22. The smallest absolute Gasteiger partial charge is 0.105 e. The van der Waals surface area contributed by atoms with Gasteiger partial charge in [-0.2, -0.15) is 0 Å². The normalized spacial score (nSPS) is 13.8. The number of rotatable bonds is 3. The van der Waals surface area contributed by atoms with Gasteiger partial charge in [0.05, 0.1) is 6.26 Å². The molecule has 12 heavy (non-hydrogen) atoms. The minimum absolute atomic E-state index is 0.406. The van der Waals surface area contributed by atoms with E-state index in [2.05, 4.69) is 19.2 Å². The lowest BCUT2D eigenvalue weighted by Crippen LogP contribution is -2.21. The highest BCUT2D eigenvalue weighted by Gasteiger charge is 2.16. The van der Waals surface area contributed by atoms with Crippen molar-refractivity contribution in [2.24, 2.45) is 5.92 Å². The van der Waals surface area contributed by atoms with E-state index < -0.39 is 0 Å². The second-order valence-electron chi connectivity index (χ2n) is 3.44. The summed E-state index contributed by atoms with van der Waals surface area (Å²) in [5.41, 5.74) is 1.27. The van der Waals surface area contributed by atoms with Crippen LogP contribution in [0.2, 0.25) is 0 Å². The summed E-state index contributed by atoms with van der Waals surface area (Å²) in [4.78, 5) is 0. The Kier molecular flexibility index (Phi) is 2.93. The fourth-order valence-corrected chi connectivity index (χ4v) is 1.57. The van der Waals surface area contributed by atoms with Crippen molar-refractivity contribution < 1.29 is 4.42 Å². The minimum Gasteiger partial charge on any atom is -0.469 e. The Hall–Kier alpha value is -0.760. The highest BCUT2D eigenvalue weighted by molar-refractivity contribution is 5.20. The van der Waals surface area contributed by atoms with Gasteiger partial charge < -0.3 is 9.73 Å². The minimum atomic E-state index is 0.406. The molecule has 1 rings (SSSR count). The third-order valence-corrected chi connectivity index (χ3v) is 2.21. The van der Waals surface area contributed by atoms with Gasteiger partial charge >= 0.3 is 0 Å². The molecule has 1 N–H and O–H groups in total. The molecule has 1 aromatic heterocycles. The van der Waals surface area contributed by atoms with Crippen LogP contribution < -0.4 is 5.32 Å². The van der Waals surface area contributed by atoms with Crippen molar-refractivity contribution in [3.05, 3.63) is 23.7 Å². The van der Waals surface area contributed by atoms with E-state index in [0.717, 1.165) is 5.76 Å². The standard InChI is InChI=1S/C10H17NO/c1-7(2)10(11-4)9-5-6-12-8(9)3/h5-7,10-11H,1-4H3. The number of furan rings is 1. The molecule has 2 nitrogen and oxygen atoms in total.